The van der Waals surface area contributed by atoms with Gasteiger partial charge in [-0.15, -0.1) is 24.9 Å². The predicted octanol–water partition coefficient (Wildman–Crippen LogP) is 2.65. The Morgan fingerprint density at radius 2 is 1.89 bits per heavy atom. The number of benzene rings is 1. The van der Waals surface area contributed by atoms with Crippen molar-refractivity contribution < 1.29 is 27.5 Å². The van der Waals surface area contributed by atoms with E-state index in [1.165, 1.54) is 23.9 Å². The molecule has 3 aliphatic heterocycles. The fourth-order valence-electron chi connectivity index (χ4n) is 5.46. The number of hydrogen-bond donors (Lipinski definition) is 2. The first-order valence-corrected chi connectivity index (χ1v) is 13.6. The van der Waals surface area contributed by atoms with Crippen molar-refractivity contribution in [3.05, 3.63) is 24.3 Å². The van der Waals surface area contributed by atoms with Gasteiger partial charge in [0.25, 0.3) is 0 Å². The number of amides is 2. The highest BCUT2D eigenvalue weighted by Gasteiger charge is 2.50. The number of nitrogens with one attached hydrogen (secondary N) is 2. The maximum absolute atomic E-state index is 13.7. The third kappa shape index (κ3) is 5.84. The molecule has 0 aromatic heterocycles. The average Bonchev–Trinajstić information content (AvgIpc) is 3.48. The zero-order valence-electron chi connectivity index (χ0n) is 20.3. The number of carbonyl (C=O) groups is 2. The predicted molar refractivity (Wildman–Crippen MR) is 130 cm³/mol. The Morgan fingerprint density at radius 1 is 1.16 bits per heavy atom. The van der Waals surface area contributed by atoms with Gasteiger partial charge in [-0.25, -0.2) is 0 Å². The minimum Gasteiger partial charge on any atom is -0.405 e. The van der Waals surface area contributed by atoms with Crippen LogP contribution in [-0.4, -0.2) is 83.1 Å². The molecule has 1 aromatic rings. The molecule has 3 heterocycles. The van der Waals surface area contributed by atoms with Crippen LogP contribution >= 0.6 is 11.8 Å². The molecule has 200 valence electrons. The number of halogens is 3. The molecule has 8 nitrogen and oxygen atoms in total. The van der Waals surface area contributed by atoms with Crippen LogP contribution in [0.1, 0.15) is 38.5 Å². The lowest BCUT2D eigenvalue weighted by Crippen LogP contribution is -2.63. The summed E-state index contributed by atoms with van der Waals surface area (Å²) in [5, 5.41) is 15.3. The van der Waals surface area contributed by atoms with Crippen molar-refractivity contribution >= 4 is 23.6 Å². The summed E-state index contributed by atoms with van der Waals surface area (Å²) in [4.78, 5) is 31.1. The van der Waals surface area contributed by atoms with Gasteiger partial charge in [0.15, 0.2) is 0 Å². The van der Waals surface area contributed by atoms with Crippen molar-refractivity contribution in [3.8, 4) is 11.8 Å². The highest BCUT2D eigenvalue weighted by atomic mass is 32.2. The van der Waals surface area contributed by atoms with Gasteiger partial charge in [0.05, 0.1) is 17.0 Å². The van der Waals surface area contributed by atoms with Crippen LogP contribution in [0, 0.1) is 11.3 Å². The lowest BCUT2D eigenvalue weighted by molar-refractivity contribution is -0.275. The molecule has 1 aromatic carbocycles. The summed E-state index contributed by atoms with van der Waals surface area (Å²) in [5.41, 5.74) is -0.873. The molecule has 12 heteroatoms. The Morgan fingerprint density at radius 3 is 2.51 bits per heavy atom. The molecule has 2 amide bonds. The third-order valence-electron chi connectivity index (χ3n) is 7.67. The standard InChI is InChI=1S/C25H30F3N5O3S/c26-25(27,28)36-20-3-1-2-4-21(20)37-17-13-19(22(34)31-24(15-29)8-9-24)33(14-17)23(35)18-7-12-32(18)16-5-10-30-11-6-16/h1-4,16-19,30H,5-14H2,(H,31,34)/t17-,18?,19+/m1/s1. The van der Waals surface area contributed by atoms with Gasteiger partial charge in [-0.05, 0) is 63.7 Å². The van der Waals surface area contributed by atoms with Crippen molar-refractivity contribution in [2.75, 3.05) is 26.2 Å². The zero-order valence-corrected chi connectivity index (χ0v) is 21.1. The first kappa shape index (κ1) is 26.1. The molecule has 0 radical (unpaired) electrons. The summed E-state index contributed by atoms with van der Waals surface area (Å²) in [6.07, 6.45) is -0.751. The van der Waals surface area contributed by atoms with E-state index in [1.54, 1.807) is 17.0 Å². The number of likely N-dealkylation sites (tertiary alicyclic amines) is 2. The Labute approximate surface area is 217 Å². The summed E-state index contributed by atoms with van der Waals surface area (Å²) >= 11 is 1.18. The van der Waals surface area contributed by atoms with Crippen LogP contribution in [0.15, 0.2) is 29.2 Å². The Bertz CT molecular complexity index is 1070. The molecule has 2 N–H and O–H groups in total. The third-order valence-corrected chi connectivity index (χ3v) is 8.93. The van der Waals surface area contributed by atoms with Gasteiger partial charge >= 0.3 is 6.36 Å². The minimum absolute atomic E-state index is 0.116. The highest BCUT2D eigenvalue weighted by molar-refractivity contribution is 8.00. The number of para-hydroxylation sites is 1. The lowest BCUT2D eigenvalue weighted by atomic mass is 9.93. The first-order chi connectivity index (χ1) is 17.7. The molecule has 4 aliphatic rings. The Balaban J connectivity index is 1.33. The van der Waals surface area contributed by atoms with Crippen molar-refractivity contribution in [1.82, 2.24) is 20.4 Å². The van der Waals surface area contributed by atoms with E-state index >= 15 is 0 Å². The number of ether oxygens (including phenoxy) is 1. The summed E-state index contributed by atoms with van der Waals surface area (Å²) in [5.74, 6) is -0.791. The number of alkyl halides is 3. The van der Waals surface area contributed by atoms with E-state index in [4.69, 9.17) is 0 Å². The molecule has 37 heavy (non-hydrogen) atoms. The van der Waals surface area contributed by atoms with Gasteiger partial charge in [-0.3, -0.25) is 14.5 Å². The molecule has 0 spiro atoms. The van der Waals surface area contributed by atoms with E-state index in [0.717, 1.165) is 38.9 Å². The van der Waals surface area contributed by atoms with Crippen molar-refractivity contribution in [2.24, 2.45) is 0 Å². The SMILES string of the molecule is N#CC1(NC(=O)[C@@H]2C[C@@H](Sc3ccccc3OC(F)(F)F)CN2C(=O)C2CCN2C2CCNCC2)CC1. The maximum Gasteiger partial charge on any atom is 0.573 e. The van der Waals surface area contributed by atoms with Crippen LogP contribution in [0.2, 0.25) is 0 Å². The molecule has 3 saturated heterocycles. The second kappa shape index (κ2) is 10.3. The molecule has 1 unspecified atom stereocenters. The van der Waals surface area contributed by atoms with E-state index in [-0.39, 0.29) is 41.8 Å². The summed E-state index contributed by atoms with van der Waals surface area (Å²) in [6.45, 7) is 2.89. The normalized spacial score (nSPS) is 27.7. The molecule has 1 aliphatic carbocycles. The Hall–Kier alpha value is -2.49. The lowest BCUT2D eigenvalue weighted by Gasteiger charge is -2.48. The van der Waals surface area contributed by atoms with Crippen LogP contribution in [0.5, 0.6) is 5.75 Å². The molecule has 1 saturated carbocycles. The van der Waals surface area contributed by atoms with E-state index in [0.29, 0.717) is 23.8 Å². The molecule has 0 bridgehead atoms. The van der Waals surface area contributed by atoms with Crippen LogP contribution in [0.25, 0.3) is 0 Å². The first-order valence-electron chi connectivity index (χ1n) is 12.7. The monoisotopic (exact) mass is 537 g/mol. The maximum atomic E-state index is 13.7. The fraction of sp³-hybridized carbons (Fsp3) is 0.640. The van der Waals surface area contributed by atoms with E-state index in [2.05, 4.69) is 26.3 Å². The fourth-order valence-corrected chi connectivity index (χ4v) is 6.72. The number of nitriles is 1. The summed E-state index contributed by atoms with van der Waals surface area (Å²) in [7, 11) is 0. The van der Waals surface area contributed by atoms with Gasteiger partial charge in [-0.1, -0.05) is 12.1 Å². The van der Waals surface area contributed by atoms with Crippen LogP contribution in [0.3, 0.4) is 0 Å². The van der Waals surface area contributed by atoms with Crippen LogP contribution in [0.4, 0.5) is 13.2 Å². The van der Waals surface area contributed by atoms with E-state index < -0.39 is 17.9 Å². The number of hydrogen-bond acceptors (Lipinski definition) is 7. The molecular weight excluding hydrogens is 507 g/mol. The van der Waals surface area contributed by atoms with Gasteiger partial charge in [0.1, 0.15) is 17.3 Å². The number of piperidine rings is 1. The summed E-state index contributed by atoms with van der Waals surface area (Å²) < 4.78 is 43.0. The molecule has 4 fully saturated rings. The highest BCUT2D eigenvalue weighted by Crippen LogP contribution is 2.41. The number of carbonyl (C=O) groups excluding carboxylic acids is 2. The Kier molecular flexibility index (Phi) is 7.31. The molecule has 3 atom stereocenters. The summed E-state index contributed by atoms with van der Waals surface area (Å²) in [6, 6.07) is 7.30. The van der Waals surface area contributed by atoms with Crippen molar-refractivity contribution in [1.29, 1.82) is 5.26 Å². The van der Waals surface area contributed by atoms with Crippen LogP contribution < -0.4 is 15.4 Å². The van der Waals surface area contributed by atoms with Gasteiger partial charge in [0, 0.05) is 24.4 Å². The van der Waals surface area contributed by atoms with E-state index in [1.807, 2.05) is 0 Å². The van der Waals surface area contributed by atoms with E-state index in [9.17, 15) is 28.0 Å². The van der Waals surface area contributed by atoms with Gasteiger partial charge < -0.3 is 20.3 Å². The quantitative estimate of drug-likeness (QED) is 0.552. The molecular formula is C25H30F3N5O3S. The topological polar surface area (TPSA) is 97.7 Å². The second-order valence-electron chi connectivity index (χ2n) is 10.2. The van der Waals surface area contributed by atoms with Crippen molar-refractivity contribution in [3.63, 3.8) is 0 Å². The minimum atomic E-state index is -4.82. The largest absolute Gasteiger partial charge is 0.573 e. The number of nitrogens with zero attached hydrogens (tertiary/aromatic N) is 3. The zero-order chi connectivity index (χ0) is 26.2. The smallest absolute Gasteiger partial charge is 0.405 e. The molecule has 5 rings (SSSR count). The number of rotatable bonds is 7. The van der Waals surface area contributed by atoms with Crippen LogP contribution in [-0.2, 0) is 9.59 Å². The van der Waals surface area contributed by atoms with Gasteiger partial charge in [0.2, 0.25) is 11.8 Å². The van der Waals surface area contributed by atoms with Gasteiger partial charge in [-0.2, -0.15) is 5.26 Å². The van der Waals surface area contributed by atoms with Crippen molar-refractivity contribution in [2.45, 2.75) is 78.7 Å². The number of thioether (sulfide) groups is 1. The second-order valence-corrected chi connectivity index (χ2v) is 11.5. The average molecular weight is 538 g/mol.